The maximum atomic E-state index is 12.8. The quantitative estimate of drug-likeness (QED) is 0.453. The van der Waals surface area contributed by atoms with E-state index in [9.17, 15) is 19.8 Å². The number of rotatable bonds is 6. The number of ether oxygens (including phenoxy) is 1. The van der Waals surface area contributed by atoms with Crippen molar-refractivity contribution >= 4 is 17.4 Å². The van der Waals surface area contributed by atoms with E-state index in [0.29, 0.717) is 23.4 Å². The van der Waals surface area contributed by atoms with Crippen molar-refractivity contribution in [1.82, 2.24) is 4.90 Å². The van der Waals surface area contributed by atoms with E-state index in [4.69, 9.17) is 4.74 Å². The zero-order valence-electron chi connectivity index (χ0n) is 15.9. The molecule has 2 N–H and O–H groups in total. The average Bonchev–Trinajstić information content (AvgIpc) is 2.96. The molecular formula is C22H23NO5. The summed E-state index contributed by atoms with van der Waals surface area (Å²) in [5, 5.41) is 20.8. The Hall–Kier alpha value is -3.28. The highest BCUT2D eigenvalue weighted by Gasteiger charge is 2.45. The molecule has 0 aromatic heterocycles. The first kappa shape index (κ1) is 19.5. The number of aliphatic hydroxyl groups is 1. The number of nitrogens with zero attached hydrogens (tertiary/aromatic N) is 1. The fraction of sp³-hybridized carbons (Fsp3) is 0.273. The molecule has 1 heterocycles. The van der Waals surface area contributed by atoms with E-state index in [0.717, 1.165) is 12.8 Å². The molecule has 0 aliphatic carbocycles. The Labute approximate surface area is 163 Å². The number of carbonyl (C=O) groups is 2. The topological polar surface area (TPSA) is 87.1 Å². The highest BCUT2D eigenvalue weighted by atomic mass is 16.5. The largest absolute Gasteiger partial charge is 0.508 e. The highest BCUT2D eigenvalue weighted by Crippen LogP contribution is 2.40. The molecule has 0 spiro atoms. The molecule has 1 saturated heterocycles. The van der Waals surface area contributed by atoms with Crippen LogP contribution in [0.1, 0.15) is 36.9 Å². The lowest BCUT2D eigenvalue weighted by molar-refractivity contribution is -0.139. The molecule has 1 amide bonds. The third-order valence-corrected chi connectivity index (χ3v) is 4.84. The predicted molar refractivity (Wildman–Crippen MR) is 105 cm³/mol. The number of Topliss-reactive ketones (excluding diaryl/α,β-unsaturated/α-hetero) is 1. The number of methoxy groups -OCH3 is 1. The van der Waals surface area contributed by atoms with Crippen molar-refractivity contribution in [2.45, 2.75) is 25.8 Å². The Kier molecular flexibility index (Phi) is 5.68. The van der Waals surface area contributed by atoms with Gasteiger partial charge in [-0.25, -0.2) is 0 Å². The van der Waals surface area contributed by atoms with Gasteiger partial charge in [0, 0.05) is 12.1 Å². The molecule has 6 heteroatoms. The molecule has 2 aromatic carbocycles. The summed E-state index contributed by atoms with van der Waals surface area (Å²) in [6.07, 6.45) is 1.58. The Morgan fingerprint density at radius 3 is 2.46 bits per heavy atom. The molecule has 1 fully saturated rings. The lowest BCUT2D eigenvalue weighted by atomic mass is 9.95. The van der Waals surface area contributed by atoms with Gasteiger partial charge in [0.25, 0.3) is 11.7 Å². The molecule has 28 heavy (non-hydrogen) atoms. The summed E-state index contributed by atoms with van der Waals surface area (Å²) in [6, 6.07) is 12.3. The van der Waals surface area contributed by atoms with Crippen molar-refractivity contribution in [3.8, 4) is 11.5 Å². The van der Waals surface area contributed by atoms with Crippen molar-refractivity contribution < 1.29 is 24.5 Å². The molecule has 0 bridgehead atoms. The normalized spacial score (nSPS) is 18.5. The minimum atomic E-state index is -0.749. The van der Waals surface area contributed by atoms with Gasteiger partial charge < -0.3 is 19.8 Å². The van der Waals surface area contributed by atoms with Crippen molar-refractivity contribution in [3.05, 3.63) is 65.2 Å². The summed E-state index contributed by atoms with van der Waals surface area (Å²) < 4.78 is 5.12. The van der Waals surface area contributed by atoms with Crippen molar-refractivity contribution in [1.29, 1.82) is 0 Å². The zero-order valence-corrected chi connectivity index (χ0v) is 15.9. The summed E-state index contributed by atoms with van der Waals surface area (Å²) in [6.45, 7) is 2.39. The summed E-state index contributed by atoms with van der Waals surface area (Å²) >= 11 is 0. The molecule has 6 nitrogen and oxygen atoms in total. The van der Waals surface area contributed by atoms with Crippen LogP contribution in [0.15, 0.2) is 54.1 Å². The van der Waals surface area contributed by atoms with Crippen LogP contribution >= 0.6 is 0 Å². The van der Waals surface area contributed by atoms with Crippen LogP contribution in [0, 0.1) is 0 Å². The number of amides is 1. The predicted octanol–water partition coefficient (Wildman–Crippen LogP) is 3.62. The Bertz CT molecular complexity index is 917. The molecule has 2 aromatic rings. The molecule has 0 saturated carbocycles. The van der Waals surface area contributed by atoms with E-state index < -0.39 is 17.7 Å². The standard InChI is InChI=1S/C22H23NO5/c1-3-4-12-23-19(15-6-5-7-16(24)13-15)18(21(26)22(23)27)20(25)14-8-10-17(28-2)11-9-14/h5-11,13,19,24-25H,3-4,12H2,1-2H3/b20-18-. The van der Waals surface area contributed by atoms with Crippen LogP contribution in [0.3, 0.4) is 0 Å². The fourth-order valence-corrected chi connectivity index (χ4v) is 3.38. The maximum Gasteiger partial charge on any atom is 0.295 e. The van der Waals surface area contributed by atoms with Crippen molar-refractivity contribution in [3.63, 3.8) is 0 Å². The smallest absolute Gasteiger partial charge is 0.295 e. The number of ketones is 1. The lowest BCUT2D eigenvalue weighted by Crippen LogP contribution is -2.30. The molecule has 3 rings (SSSR count). The van der Waals surface area contributed by atoms with Gasteiger partial charge in [0.1, 0.15) is 17.3 Å². The van der Waals surface area contributed by atoms with Gasteiger partial charge in [-0.05, 0) is 48.4 Å². The minimum Gasteiger partial charge on any atom is -0.508 e. The van der Waals surface area contributed by atoms with Crippen LogP contribution in [0.5, 0.6) is 11.5 Å². The summed E-state index contributed by atoms with van der Waals surface area (Å²) in [7, 11) is 1.54. The van der Waals surface area contributed by atoms with Gasteiger partial charge in [-0.2, -0.15) is 0 Å². The summed E-state index contributed by atoms with van der Waals surface area (Å²) in [5.74, 6) is -0.963. The van der Waals surface area contributed by atoms with E-state index in [1.165, 1.54) is 24.1 Å². The average molecular weight is 381 g/mol. The number of phenols is 1. The Balaban J connectivity index is 2.14. The van der Waals surface area contributed by atoms with Crippen LogP contribution < -0.4 is 4.74 Å². The Morgan fingerprint density at radius 2 is 1.86 bits per heavy atom. The SMILES string of the molecule is CCCCN1C(=O)C(=O)/C(=C(\O)c2ccc(OC)cc2)C1c1cccc(O)c1. The molecule has 1 aliphatic heterocycles. The van der Waals surface area contributed by atoms with Crippen molar-refractivity contribution in [2.24, 2.45) is 0 Å². The van der Waals surface area contributed by atoms with Crippen LogP contribution in [-0.2, 0) is 9.59 Å². The van der Waals surface area contributed by atoms with Gasteiger partial charge in [0.2, 0.25) is 0 Å². The molecule has 146 valence electrons. The number of unbranched alkanes of at least 4 members (excludes halogenated alkanes) is 1. The van der Waals surface area contributed by atoms with E-state index in [2.05, 4.69) is 0 Å². The molecule has 1 atom stereocenters. The summed E-state index contributed by atoms with van der Waals surface area (Å²) in [4.78, 5) is 26.9. The number of hydrogen-bond donors (Lipinski definition) is 2. The van der Waals surface area contributed by atoms with E-state index in [1.54, 1.807) is 36.4 Å². The van der Waals surface area contributed by atoms with Gasteiger partial charge >= 0.3 is 0 Å². The van der Waals surface area contributed by atoms with E-state index >= 15 is 0 Å². The number of phenolic OH excluding ortho intramolecular Hbond substituents is 1. The van der Waals surface area contributed by atoms with Gasteiger partial charge in [0.15, 0.2) is 0 Å². The number of likely N-dealkylation sites (tertiary alicyclic amines) is 1. The van der Waals surface area contributed by atoms with Crippen LogP contribution in [0.4, 0.5) is 0 Å². The first-order valence-electron chi connectivity index (χ1n) is 9.19. The fourth-order valence-electron chi connectivity index (χ4n) is 3.38. The van der Waals surface area contributed by atoms with Gasteiger partial charge in [0.05, 0.1) is 18.7 Å². The molecule has 1 aliphatic rings. The summed E-state index contributed by atoms with van der Waals surface area (Å²) in [5.41, 5.74) is 1.02. The van der Waals surface area contributed by atoms with Crippen LogP contribution in [-0.4, -0.2) is 40.5 Å². The molecular weight excluding hydrogens is 358 g/mol. The number of aliphatic hydroxyl groups excluding tert-OH is 1. The van der Waals surface area contributed by atoms with Gasteiger partial charge in [-0.15, -0.1) is 0 Å². The number of aromatic hydroxyl groups is 1. The van der Waals surface area contributed by atoms with Crippen LogP contribution in [0.25, 0.3) is 5.76 Å². The Morgan fingerprint density at radius 1 is 1.14 bits per heavy atom. The zero-order chi connectivity index (χ0) is 20.3. The number of benzene rings is 2. The maximum absolute atomic E-state index is 12.8. The van der Waals surface area contributed by atoms with Gasteiger partial charge in [-0.1, -0.05) is 25.5 Å². The van der Waals surface area contributed by atoms with Crippen molar-refractivity contribution in [2.75, 3.05) is 13.7 Å². The number of hydrogen-bond acceptors (Lipinski definition) is 5. The molecule has 1 unspecified atom stereocenters. The second-order valence-corrected chi connectivity index (χ2v) is 6.67. The lowest BCUT2D eigenvalue weighted by Gasteiger charge is -2.25. The molecule has 0 radical (unpaired) electrons. The number of carbonyl (C=O) groups excluding carboxylic acids is 2. The van der Waals surface area contributed by atoms with E-state index in [1.807, 2.05) is 6.92 Å². The minimum absolute atomic E-state index is 0.0249. The highest BCUT2D eigenvalue weighted by molar-refractivity contribution is 6.46. The second kappa shape index (κ2) is 8.17. The first-order valence-corrected chi connectivity index (χ1v) is 9.19. The third kappa shape index (κ3) is 3.58. The monoisotopic (exact) mass is 381 g/mol. The first-order chi connectivity index (χ1) is 13.5. The van der Waals surface area contributed by atoms with E-state index in [-0.39, 0.29) is 17.1 Å². The van der Waals surface area contributed by atoms with Gasteiger partial charge in [-0.3, -0.25) is 9.59 Å². The second-order valence-electron chi connectivity index (χ2n) is 6.67. The third-order valence-electron chi connectivity index (χ3n) is 4.84. The van der Waals surface area contributed by atoms with Crippen LogP contribution in [0.2, 0.25) is 0 Å².